The average Bonchev–Trinajstić information content (AvgIpc) is 3.11. The van der Waals surface area contributed by atoms with Crippen LogP contribution in [0.2, 0.25) is 0 Å². The molecule has 0 amide bonds. The summed E-state index contributed by atoms with van der Waals surface area (Å²) >= 11 is 5.37. The van der Waals surface area contributed by atoms with E-state index in [9.17, 15) is 10.5 Å². The number of aromatic amines is 1. The second-order valence-electron chi connectivity index (χ2n) is 7.27. The Morgan fingerprint density at radius 1 is 1.10 bits per heavy atom. The van der Waals surface area contributed by atoms with Crippen LogP contribution in [0.15, 0.2) is 36.9 Å². The lowest BCUT2D eigenvalue weighted by atomic mass is 9.96. The van der Waals surface area contributed by atoms with Crippen LogP contribution in [0.5, 0.6) is 0 Å². The summed E-state index contributed by atoms with van der Waals surface area (Å²) in [5.74, 6) is 0. The number of rotatable bonds is 4. The molecule has 2 N–H and O–H groups in total. The molecule has 3 heterocycles. The van der Waals surface area contributed by atoms with E-state index in [0.29, 0.717) is 28.1 Å². The van der Waals surface area contributed by atoms with Crippen LogP contribution in [0.1, 0.15) is 30.4 Å². The summed E-state index contributed by atoms with van der Waals surface area (Å²) in [7, 11) is 0. The van der Waals surface area contributed by atoms with E-state index in [2.05, 4.69) is 28.7 Å². The minimum Gasteiger partial charge on any atom is -0.372 e. The maximum atomic E-state index is 10.0. The molecule has 0 unspecified atom stereocenters. The van der Waals surface area contributed by atoms with E-state index in [1.165, 1.54) is 23.8 Å². The summed E-state index contributed by atoms with van der Waals surface area (Å²) in [6.45, 7) is 6.22. The van der Waals surface area contributed by atoms with Crippen molar-refractivity contribution in [2.24, 2.45) is 0 Å². The Morgan fingerprint density at radius 2 is 1.77 bits per heavy atom. The van der Waals surface area contributed by atoms with Crippen molar-refractivity contribution in [1.29, 1.82) is 15.9 Å². The highest BCUT2D eigenvalue weighted by Crippen LogP contribution is 2.31. The minimum absolute atomic E-state index is 0.0319. The molecule has 1 aliphatic heterocycles. The molecule has 7 nitrogen and oxygen atoms in total. The van der Waals surface area contributed by atoms with Crippen LogP contribution in [0.25, 0.3) is 16.8 Å². The Balaban J connectivity index is 1.96. The number of nitrogens with one attached hydrogen (secondary N) is 2. The van der Waals surface area contributed by atoms with Crippen molar-refractivity contribution in [2.45, 2.75) is 25.8 Å². The molecule has 8 heteroatoms. The molecule has 3 aromatic rings. The summed E-state index contributed by atoms with van der Waals surface area (Å²) in [5.41, 5.74) is 3.20. The Morgan fingerprint density at radius 3 is 2.37 bits per heavy atom. The fraction of sp³-hybridized carbons (Fsp3) is 0.273. The second kappa shape index (κ2) is 8.02. The predicted molar refractivity (Wildman–Crippen MR) is 118 cm³/mol. The van der Waals surface area contributed by atoms with Crippen LogP contribution >= 0.6 is 12.2 Å². The van der Waals surface area contributed by atoms with E-state index in [1.54, 1.807) is 10.6 Å². The number of nitriles is 2. The van der Waals surface area contributed by atoms with Crippen LogP contribution in [-0.2, 0) is 6.54 Å². The molecule has 1 fully saturated rings. The SMILES string of the molecule is C=CCn1c(=S)[nH]n2c(=N)c(C#N)c(-c3ccc(N4CCCCC4)cc3)c(C#N)c12. The van der Waals surface area contributed by atoms with E-state index in [0.717, 1.165) is 24.3 Å². The Bertz CT molecular complexity index is 1320. The normalized spacial score (nSPS) is 13.7. The van der Waals surface area contributed by atoms with Gasteiger partial charge in [0.15, 0.2) is 15.9 Å². The third-order valence-electron chi connectivity index (χ3n) is 5.52. The number of hydrogen-bond acceptors (Lipinski definition) is 5. The molecule has 0 saturated carbocycles. The van der Waals surface area contributed by atoms with Gasteiger partial charge in [-0.3, -0.25) is 15.1 Å². The number of pyridine rings is 1. The first-order valence-corrected chi connectivity index (χ1v) is 10.2. The Labute approximate surface area is 179 Å². The molecule has 0 atom stereocenters. The molecule has 0 aliphatic carbocycles. The summed E-state index contributed by atoms with van der Waals surface area (Å²) in [6, 6.07) is 12.3. The molecule has 0 bridgehead atoms. The molecule has 1 saturated heterocycles. The van der Waals surface area contributed by atoms with Crippen LogP contribution in [0.4, 0.5) is 5.69 Å². The van der Waals surface area contributed by atoms with Gasteiger partial charge in [-0.1, -0.05) is 18.2 Å². The van der Waals surface area contributed by atoms with E-state index in [1.807, 2.05) is 24.3 Å². The first-order valence-electron chi connectivity index (χ1n) is 9.83. The van der Waals surface area contributed by atoms with Gasteiger partial charge in [-0.25, -0.2) is 4.52 Å². The molecule has 30 heavy (non-hydrogen) atoms. The van der Waals surface area contributed by atoms with Gasteiger partial charge in [-0.2, -0.15) is 10.5 Å². The monoisotopic (exact) mass is 415 g/mol. The molecular formula is C22H21N7S. The van der Waals surface area contributed by atoms with E-state index in [4.69, 9.17) is 17.6 Å². The quantitative estimate of drug-likeness (QED) is 0.499. The van der Waals surface area contributed by atoms with Crippen LogP contribution in [-0.4, -0.2) is 27.3 Å². The third-order valence-corrected chi connectivity index (χ3v) is 5.83. The van der Waals surface area contributed by atoms with Crippen molar-refractivity contribution in [3.8, 4) is 23.3 Å². The fourth-order valence-corrected chi connectivity index (χ4v) is 4.35. The second-order valence-corrected chi connectivity index (χ2v) is 7.65. The number of aromatic nitrogens is 3. The number of fused-ring (bicyclic) bond motifs is 1. The topological polar surface area (TPSA) is 99.8 Å². The number of H-pyrrole nitrogens is 1. The van der Waals surface area contributed by atoms with Crippen LogP contribution in [0, 0.1) is 32.8 Å². The van der Waals surface area contributed by atoms with Crippen molar-refractivity contribution in [2.75, 3.05) is 18.0 Å². The molecular weight excluding hydrogens is 394 g/mol. The molecule has 2 aromatic heterocycles. The van der Waals surface area contributed by atoms with Gasteiger partial charge in [0.1, 0.15) is 23.3 Å². The average molecular weight is 416 g/mol. The Kier molecular flexibility index (Phi) is 5.26. The highest BCUT2D eigenvalue weighted by atomic mass is 32.1. The van der Waals surface area contributed by atoms with Crippen molar-refractivity contribution in [3.63, 3.8) is 0 Å². The fourth-order valence-electron chi connectivity index (χ4n) is 4.09. The van der Waals surface area contributed by atoms with Gasteiger partial charge in [0.25, 0.3) is 0 Å². The van der Waals surface area contributed by atoms with Crippen molar-refractivity contribution >= 4 is 23.6 Å². The zero-order valence-corrected chi connectivity index (χ0v) is 17.3. The molecule has 0 radical (unpaired) electrons. The lowest BCUT2D eigenvalue weighted by Gasteiger charge is -2.29. The van der Waals surface area contributed by atoms with E-state index in [-0.39, 0.29) is 11.1 Å². The maximum Gasteiger partial charge on any atom is 0.194 e. The minimum atomic E-state index is -0.0319. The van der Waals surface area contributed by atoms with E-state index >= 15 is 0 Å². The number of allylic oxidation sites excluding steroid dienone is 1. The summed E-state index contributed by atoms with van der Waals surface area (Å²) in [5, 5.41) is 31.3. The van der Waals surface area contributed by atoms with Gasteiger partial charge >= 0.3 is 0 Å². The van der Waals surface area contributed by atoms with Crippen molar-refractivity contribution in [1.82, 2.24) is 14.2 Å². The smallest absolute Gasteiger partial charge is 0.194 e. The van der Waals surface area contributed by atoms with Gasteiger partial charge in [0.05, 0.1) is 0 Å². The van der Waals surface area contributed by atoms with Crippen LogP contribution < -0.4 is 10.4 Å². The molecule has 4 rings (SSSR count). The number of hydrogen-bond donors (Lipinski definition) is 2. The van der Waals surface area contributed by atoms with Gasteiger partial charge in [0, 0.05) is 30.9 Å². The summed E-state index contributed by atoms with van der Waals surface area (Å²) in [4.78, 5) is 2.35. The summed E-state index contributed by atoms with van der Waals surface area (Å²) in [6.07, 6.45) is 5.33. The van der Waals surface area contributed by atoms with Crippen molar-refractivity contribution < 1.29 is 0 Å². The highest BCUT2D eigenvalue weighted by Gasteiger charge is 2.22. The zero-order chi connectivity index (χ0) is 21.3. The molecule has 1 aliphatic rings. The number of nitrogens with zero attached hydrogens (tertiary/aromatic N) is 5. The first kappa shape index (κ1) is 19.7. The van der Waals surface area contributed by atoms with Gasteiger partial charge in [0.2, 0.25) is 0 Å². The van der Waals surface area contributed by atoms with Gasteiger partial charge in [-0.15, -0.1) is 6.58 Å². The van der Waals surface area contributed by atoms with E-state index < -0.39 is 0 Å². The zero-order valence-electron chi connectivity index (χ0n) is 16.5. The van der Waals surface area contributed by atoms with Crippen molar-refractivity contribution in [3.05, 3.63) is 58.3 Å². The van der Waals surface area contributed by atoms with Gasteiger partial charge in [-0.05, 0) is 49.2 Å². The largest absolute Gasteiger partial charge is 0.372 e. The Hall–Kier alpha value is -3.62. The lowest BCUT2D eigenvalue weighted by molar-refractivity contribution is 0.578. The number of anilines is 1. The van der Waals surface area contributed by atoms with Gasteiger partial charge < -0.3 is 4.90 Å². The standard InChI is InChI=1S/C22H21N7S/c1-2-10-28-21-18(14-24)19(17(13-23)20(25)29(21)26-22(28)30)15-6-8-16(9-7-15)27-11-4-3-5-12-27/h2,6-9,25H,1,3-5,10-12H2,(H,26,30). The molecule has 1 aromatic carbocycles. The summed E-state index contributed by atoms with van der Waals surface area (Å²) < 4.78 is 3.47. The highest BCUT2D eigenvalue weighted by molar-refractivity contribution is 7.71. The lowest BCUT2D eigenvalue weighted by Crippen LogP contribution is -2.29. The number of piperidine rings is 1. The van der Waals surface area contributed by atoms with Crippen LogP contribution in [0.3, 0.4) is 0 Å². The predicted octanol–water partition coefficient (Wildman–Crippen LogP) is 3.86. The first-order chi connectivity index (χ1) is 14.6. The number of benzene rings is 1. The third kappa shape index (κ3) is 3.12. The molecule has 150 valence electrons. The molecule has 0 spiro atoms. The maximum absolute atomic E-state index is 10.0.